The Morgan fingerprint density at radius 3 is 1.01 bits per heavy atom. The molecule has 0 spiro atoms. The average Bonchev–Trinajstić information content (AvgIpc) is 1.61. The molecule has 5 saturated heterocycles. The summed E-state index contributed by atoms with van der Waals surface area (Å²) in [5, 5.41) is 56.7. The van der Waals surface area contributed by atoms with Crippen LogP contribution < -0.4 is 83.5 Å². The number of carboxylic acids is 5. The minimum Gasteiger partial charge on any atom is -0.480 e. The van der Waals surface area contributed by atoms with Crippen LogP contribution in [0, 0.1) is 47.4 Å². The minimum absolute atomic E-state index is 0.197. The van der Waals surface area contributed by atoms with Gasteiger partial charge in [-0.25, -0.2) is 33.6 Å². The first-order chi connectivity index (χ1) is 66.5. The Bertz CT molecular complexity index is 6290. The molecule has 5 aliphatic rings. The molecule has 48 nitrogen and oxygen atoms in total. The molecule has 8 aromatic heterocycles. The number of ether oxygens (including phenoxy) is 3. The molecule has 0 bridgehead atoms. The molecular weight excluding hydrogens is 1930 g/mol. The lowest BCUT2D eigenvalue weighted by atomic mass is 10.1. The van der Waals surface area contributed by atoms with Crippen molar-refractivity contribution in [2.75, 3.05) is 186 Å². The van der Waals surface area contributed by atoms with Crippen molar-refractivity contribution in [3.05, 3.63) is 41.4 Å². The Morgan fingerprint density at radius 2 is 0.718 bits per heavy atom. The van der Waals surface area contributed by atoms with Gasteiger partial charge in [-0.1, -0.05) is 23.7 Å². The van der Waals surface area contributed by atoms with Crippen molar-refractivity contribution in [3.8, 4) is 47.4 Å². The number of esters is 3. The lowest BCUT2D eigenvalue weighted by molar-refractivity contribution is -0.193. The zero-order chi connectivity index (χ0) is 107. The van der Waals surface area contributed by atoms with Crippen molar-refractivity contribution in [3.63, 3.8) is 0 Å². The van der Waals surface area contributed by atoms with E-state index in [9.17, 15) is 91.0 Å². The number of aromatic nitrogens is 16. The summed E-state index contributed by atoms with van der Waals surface area (Å²) >= 11 is 0. The standard InChI is InChI=1S/C20H27N7O3.C19H27N7O3.C18H25N7O3.C17H23N7O3.4C2HF3O2/c1-4-5-10-27-15-16(23-20(27)25-12-8-21-9-13-25)22-19(24(2)17(15)28)26-11-6-7-14(26)18(29)30-3;1-6-7-10-26-13-14(22-18(26)25-11-8-20-9-12-25)21-17(24(4)15(13)27)23-19(2,3)16(28)29-5;1-5-6-9-25-13-14(22-18(25)24-10-7-19-8-11-24)21-17(23(3)15(13)26)20-12(2)16(27)28-4;1-4-5-8-24-13-14(20-17(24)23-9-6-18-7-10-23)19-16(22(3)15(13)27)21(2)11-12(25)26;4*3-2(4,5)1(6)7/h14,21H,6-13H2,1-3H3;20H,8-12H2,1-5H3,(H,21,23);12,19H,7-11H2,1-4H3,(H,20,21);18H,6-11H2,1-3H3,(H,25,26);4*(H,6,7)/t14-;;;;;;;/m1......./s1. The van der Waals surface area contributed by atoms with Gasteiger partial charge in [0.2, 0.25) is 47.6 Å². The first kappa shape index (κ1) is 116. The van der Waals surface area contributed by atoms with Gasteiger partial charge in [0.05, 0.1) is 47.5 Å². The second-order valence-corrected chi connectivity index (χ2v) is 31.0. The molecule has 5 aliphatic heterocycles. The van der Waals surface area contributed by atoms with E-state index in [1.165, 1.54) is 44.5 Å². The molecule has 0 radical (unpaired) electrons. The van der Waals surface area contributed by atoms with Gasteiger partial charge < -0.3 is 101 Å². The van der Waals surface area contributed by atoms with Gasteiger partial charge in [-0.05, 0) is 61.3 Å². The van der Waals surface area contributed by atoms with Gasteiger partial charge in [-0.3, -0.25) is 60.5 Å². The predicted octanol–water partition coefficient (Wildman–Crippen LogP) is 0.784. The number of carbonyl (C=O) groups excluding carboxylic acids is 3. The summed E-state index contributed by atoms with van der Waals surface area (Å²) in [6.45, 7) is 26.8. The average molecular weight is 2030 g/mol. The quantitative estimate of drug-likeness (QED) is 0.0231. The number of imidazole rings is 4. The van der Waals surface area contributed by atoms with Crippen LogP contribution in [-0.2, 0) is 107 Å². The first-order valence-electron chi connectivity index (χ1n) is 42.5. The third kappa shape index (κ3) is 30.2. The third-order valence-corrected chi connectivity index (χ3v) is 20.8. The summed E-state index contributed by atoms with van der Waals surface area (Å²) in [7, 11) is 12.1. The monoisotopic (exact) mass is 2030 g/mol. The molecule has 0 saturated carbocycles. The van der Waals surface area contributed by atoms with Crippen molar-refractivity contribution in [1.29, 1.82) is 0 Å². The molecule has 2 atom stereocenters. The molecule has 0 aromatic carbocycles. The molecule has 13 heterocycles. The smallest absolute Gasteiger partial charge is 0.480 e. The van der Waals surface area contributed by atoms with Crippen LogP contribution in [0.4, 0.5) is 100 Å². The van der Waals surface area contributed by atoms with Gasteiger partial charge in [0, 0.05) is 146 Å². The summed E-state index contributed by atoms with van der Waals surface area (Å²) in [5.74, 6) is 14.3. The fourth-order valence-electron chi connectivity index (χ4n) is 13.7. The topological polar surface area (TPSA) is 568 Å². The van der Waals surface area contributed by atoms with Gasteiger partial charge in [0.25, 0.3) is 22.2 Å². The van der Waals surface area contributed by atoms with E-state index in [2.05, 4.69) is 129 Å². The third-order valence-electron chi connectivity index (χ3n) is 20.8. The number of carboxylic acid groups (broad SMARTS) is 5. The second kappa shape index (κ2) is 51.1. The summed E-state index contributed by atoms with van der Waals surface area (Å²) in [5.41, 5.74) is 0.895. The number of alkyl halides is 12. The van der Waals surface area contributed by atoms with Crippen LogP contribution in [0.2, 0.25) is 0 Å². The molecule has 1 unspecified atom stereocenters. The van der Waals surface area contributed by atoms with Crippen molar-refractivity contribution in [2.24, 2.45) is 28.2 Å². The summed E-state index contributed by atoms with van der Waals surface area (Å²) in [6, 6.07) is -1.09. The lowest BCUT2D eigenvalue weighted by Gasteiger charge is -2.28. The Morgan fingerprint density at radius 1 is 0.430 bits per heavy atom. The van der Waals surface area contributed by atoms with Crippen LogP contribution in [-0.4, -0.2) is 338 Å². The molecule has 8 aromatic rings. The molecule has 142 heavy (non-hydrogen) atoms. The SMILES string of the molecule is CC#CCn1c(N2CCNCC2)nc2nc(N(C)CC(=O)O)n(C)c(=O)c21.CC#CCn1c(N2CCNCC2)nc2nc(N3CCC[C@@H]3C(=O)OC)n(C)c(=O)c21.CC#CCn1c(N2CCNCC2)nc2nc(NC(C)(C)C(=O)OC)n(C)c(=O)c21.CC#CCn1c(N2CCNCC2)nc2nc(NC(C)C(=O)OC)n(C)c(=O)c21.O=C(O)C(F)(F)F.O=C(O)C(F)(F)F.O=C(O)C(F)(F)F.O=C(O)C(F)(F)F. The van der Waals surface area contributed by atoms with Crippen molar-refractivity contribution >= 4 is 140 Å². The molecule has 5 fully saturated rings. The molecular formula is C82H106F12N28O20. The number of fused-ring (bicyclic) bond motifs is 4. The highest BCUT2D eigenvalue weighted by Crippen LogP contribution is 2.30. The minimum atomic E-state index is -5.08. The molecule has 11 N–H and O–H groups in total. The van der Waals surface area contributed by atoms with Crippen LogP contribution in [0.1, 0.15) is 61.3 Å². The highest BCUT2D eigenvalue weighted by molar-refractivity contribution is 5.85. The number of halogens is 12. The first-order valence-corrected chi connectivity index (χ1v) is 42.5. The van der Waals surface area contributed by atoms with Crippen LogP contribution in [0.25, 0.3) is 44.7 Å². The maximum Gasteiger partial charge on any atom is 0.490 e. The van der Waals surface area contributed by atoms with Crippen molar-refractivity contribution in [2.45, 2.75) is 130 Å². The van der Waals surface area contributed by atoms with E-state index in [0.29, 0.717) is 114 Å². The summed E-state index contributed by atoms with van der Waals surface area (Å²) in [4.78, 5) is 184. The molecule has 778 valence electrons. The number of likely N-dealkylation sites (N-methyl/N-ethyl adjacent to an activating group) is 1. The van der Waals surface area contributed by atoms with Gasteiger partial charge in [-0.15, -0.1) is 23.7 Å². The lowest BCUT2D eigenvalue weighted by Crippen LogP contribution is -2.44. The Hall–Kier alpha value is -15.2. The van der Waals surface area contributed by atoms with E-state index in [1.807, 2.05) is 18.6 Å². The zero-order valence-corrected chi connectivity index (χ0v) is 79.4. The fraction of sp³-hybridized carbons (Fsp3) is 0.561. The second-order valence-electron chi connectivity index (χ2n) is 31.0. The predicted molar refractivity (Wildman–Crippen MR) is 488 cm³/mol. The highest BCUT2D eigenvalue weighted by Gasteiger charge is 2.42. The van der Waals surface area contributed by atoms with E-state index < -0.39 is 84.1 Å². The van der Waals surface area contributed by atoms with E-state index in [-0.39, 0.29) is 52.6 Å². The van der Waals surface area contributed by atoms with Gasteiger partial charge in [0.1, 0.15) is 24.2 Å². The van der Waals surface area contributed by atoms with E-state index in [0.717, 1.165) is 111 Å². The number of carbonyl (C=O) groups is 8. The van der Waals surface area contributed by atoms with Crippen molar-refractivity contribution < 1.29 is 131 Å². The summed E-state index contributed by atoms with van der Waals surface area (Å²) in [6.07, 6.45) is -18.8. The van der Waals surface area contributed by atoms with E-state index >= 15 is 0 Å². The molecule has 0 amide bonds. The maximum atomic E-state index is 13.4. The summed E-state index contributed by atoms with van der Waals surface area (Å²) < 4.78 is 154. The number of rotatable bonds is 19. The number of aliphatic carboxylic acids is 5. The number of nitrogens with one attached hydrogen (secondary N) is 6. The van der Waals surface area contributed by atoms with E-state index in [4.69, 9.17) is 68.9 Å². The van der Waals surface area contributed by atoms with Crippen LogP contribution >= 0.6 is 0 Å². The molecule has 0 aliphatic carbocycles. The fourth-order valence-corrected chi connectivity index (χ4v) is 13.7. The number of hydrogen-bond acceptors (Lipinski definition) is 35. The Balaban J connectivity index is 0.000000265. The highest BCUT2D eigenvalue weighted by atomic mass is 19.4. The Labute approximate surface area is 798 Å². The van der Waals surface area contributed by atoms with Gasteiger partial charge >= 0.3 is 72.5 Å². The largest absolute Gasteiger partial charge is 0.490 e. The van der Waals surface area contributed by atoms with Gasteiger partial charge in [-0.2, -0.15) is 92.6 Å². The van der Waals surface area contributed by atoms with Crippen LogP contribution in [0.15, 0.2) is 19.2 Å². The van der Waals surface area contributed by atoms with Crippen molar-refractivity contribution in [1.82, 2.24) is 97.7 Å². The Kier molecular flexibility index (Phi) is 41.6. The number of methoxy groups -OCH3 is 3. The molecule has 60 heteroatoms. The number of anilines is 8. The zero-order valence-electron chi connectivity index (χ0n) is 79.4. The van der Waals surface area contributed by atoms with Gasteiger partial charge in [0.15, 0.2) is 44.7 Å². The van der Waals surface area contributed by atoms with Crippen LogP contribution in [0.5, 0.6) is 0 Å². The maximum absolute atomic E-state index is 13.4. The number of nitrogens with zero attached hydrogens (tertiary/aromatic N) is 22. The van der Waals surface area contributed by atoms with Crippen LogP contribution in [0.3, 0.4) is 0 Å². The number of piperazine rings is 4. The normalized spacial score (nSPS) is 14.9. The molecule has 13 rings (SSSR count). The van der Waals surface area contributed by atoms with E-state index in [1.54, 1.807) is 88.3 Å². The number of hydrogen-bond donors (Lipinski definition) is 11.